The van der Waals surface area contributed by atoms with Crippen LogP contribution in [0.2, 0.25) is 0 Å². The van der Waals surface area contributed by atoms with Gasteiger partial charge in [0.15, 0.2) is 5.78 Å². The maximum Gasteiger partial charge on any atom is 0.195 e. The molecule has 4 heteroatoms. The molecule has 1 heterocycles. The average Bonchev–Trinajstić information content (AvgIpc) is 2.32. The van der Waals surface area contributed by atoms with Crippen LogP contribution >= 0.6 is 22.6 Å². The summed E-state index contributed by atoms with van der Waals surface area (Å²) in [7, 11) is 0. The number of hydrogen-bond donors (Lipinski definition) is 0. The summed E-state index contributed by atoms with van der Waals surface area (Å²) in [5, 5.41) is 0. The molecule has 80 valence electrons. The molecule has 1 aromatic heterocycles. The molecule has 1 aromatic carbocycles. The van der Waals surface area contributed by atoms with Gasteiger partial charge in [-0.25, -0.2) is 4.39 Å². The van der Waals surface area contributed by atoms with E-state index >= 15 is 0 Å². The Morgan fingerprint density at radius 3 is 2.81 bits per heavy atom. The van der Waals surface area contributed by atoms with Gasteiger partial charge in [0.05, 0.1) is 0 Å². The van der Waals surface area contributed by atoms with E-state index in [9.17, 15) is 9.18 Å². The minimum atomic E-state index is -0.410. The van der Waals surface area contributed by atoms with Crippen LogP contribution in [0.4, 0.5) is 4.39 Å². The fraction of sp³-hybridized carbons (Fsp3) is 0. The summed E-state index contributed by atoms with van der Waals surface area (Å²) in [5.41, 5.74) is 0.833. The summed E-state index contributed by atoms with van der Waals surface area (Å²) in [4.78, 5) is 15.9. The number of halogens is 2. The van der Waals surface area contributed by atoms with Gasteiger partial charge in [-0.3, -0.25) is 9.78 Å². The van der Waals surface area contributed by atoms with Gasteiger partial charge in [0, 0.05) is 27.1 Å². The van der Waals surface area contributed by atoms with Gasteiger partial charge in [0.1, 0.15) is 5.82 Å². The Hall–Kier alpha value is -1.30. The summed E-state index contributed by atoms with van der Waals surface area (Å²) >= 11 is 2.01. The number of ketones is 1. The Kier molecular flexibility index (Phi) is 3.28. The average molecular weight is 327 g/mol. The van der Waals surface area contributed by atoms with Gasteiger partial charge in [-0.15, -0.1) is 0 Å². The molecule has 0 aliphatic carbocycles. The molecule has 0 aliphatic heterocycles. The Balaban J connectivity index is 2.46. The molecule has 0 unspecified atom stereocenters. The van der Waals surface area contributed by atoms with Crippen LogP contribution < -0.4 is 0 Å². The first-order valence-corrected chi connectivity index (χ1v) is 5.66. The van der Waals surface area contributed by atoms with Crippen LogP contribution in [0, 0.1) is 9.39 Å². The maximum absolute atomic E-state index is 13.1. The molecule has 2 aromatic rings. The van der Waals surface area contributed by atoms with Crippen molar-refractivity contribution in [2.75, 3.05) is 0 Å². The van der Waals surface area contributed by atoms with Gasteiger partial charge >= 0.3 is 0 Å². The highest BCUT2D eigenvalue weighted by Crippen LogP contribution is 2.17. The molecule has 0 atom stereocenters. The Morgan fingerprint density at radius 1 is 1.31 bits per heavy atom. The largest absolute Gasteiger partial charge is 0.289 e. The van der Waals surface area contributed by atoms with E-state index in [-0.39, 0.29) is 5.78 Å². The molecule has 16 heavy (non-hydrogen) atoms. The number of carbonyl (C=O) groups excluding carboxylic acids is 1. The van der Waals surface area contributed by atoms with E-state index in [1.54, 1.807) is 24.4 Å². The van der Waals surface area contributed by atoms with E-state index in [1.807, 2.05) is 22.6 Å². The lowest BCUT2D eigenvalue weighted by molar-refractivity contribution is 0.103. The van der Waals surface area contributed by atoms with E-state index in [0.29, 0.717) is 11.1 Å². The van der Waals surface area contributed by atoms with Crippen molar-refractivity contribution in [3.05, 3.63) is 63.2 Å². The van der Waals surface area contributed by atoms with Crippen molar-refractivity contribution < 1.29 is 9.18 Å². The number of rotatable bonds is 2. The van der Waals surface area contributed by atoms with Crippen molar-refractivity contribution in [1.82, 2.24) is 4.98 Å². The first-order valence-electron chi connectivity index (χ1n) is 4.58. The number of nitrogens with zero attached hydrogens (tertiary/aromatic N) is 1. The van der Waals surface area contributed by atoms with Crippen molar-refractivity contribution >= 4 is 28.4 Å². The molecule has 0 saturated heterocycles. The number of hydrogen-bond acceptors (Lipinski definition) is 2. The normalized spacial score (nSPS) is 10.1. The molecular formula is C12H7FINO. The SMILES string of the molecule is O=C(c1cccnc1)c1cc(F)ccc1I. The standard InChI is InChI=1S/C12H7FINO/c13-9-3-4-11(14)10(6-9)12(16)8-2-1-5-15-7-8/h1-7H. The highest BCUT2D eigenvalue weighted by atomic mass is 127. The van der Waals surface area contributed by atoms with E-state index < -0.39 is 5.82 Å². The van der Waals surface area contributed by atoms with Crippen LogP contribution in [-0.4, -0.2) is 10.8 Å². The number of aromatic nitrogens is 1. The fourth-order valence-corrected chi connectivity index (χ4v) is 1.90. The first-order chi connectivity index (χ1) is 7.68. The molecule has 0 radical (unpaired) electrons. The predicted octanol–water partition coefficient (Wildman–Crippen LogP) is 3.06. The zero-order valence-electron chi connectivity index (χ0n) is 8.15. The molecule has 0 N–H and O–H groups in total. The molecule has 0 saturated carbocycles. The Labute approximate surface area is 106 Å². The van der Waals surface area contributed by atoms with Gasteiger partial charge in [0.2, 0.25) is 0 Å². The van der Waals surface area contributed by atoms with Crippen molar-refractivity contribution in [3.8, 4) is 0 Å². The summed E-state index contributed by atoms with van der Waals surface area (Å²) < 4.78 is 13.8. The third-order valence-electron chi connectivity index (χ3n) is 2.10. The van der Waals surface area contributed by atoms with E-state index in [2.05, 4.69) is 4.98 Å². The Morgan fingerprint density at radius 2 is 2.12 bits per heavy atom. The van der Waals surface area contributed by atoms with E-state index in [4.69, 9.17) is 0 Å². The molecule has 0 spiro atoms. The van der Waals surface area contributed by atoms with Crippen LogP contribution in [0.1, 0.15) is 15.9 Å². The lowest BCUT2D eigenvalue weighted by Gasteiger charge is -2.03. The van der Waals surface area contributed by atoms with Crippen molar-refractivity contribution in [2.24, 2.45) is 0 Å². The second-order valence-corrected chi connectivity index (χ2v) is 4.36. The fourth-order valence-electron chi connectivity index (χ4n) is 1.32. The van der Waals surface area contributed by atoms with Crippen LogP contribution in [0.3, 0.4) is 0 Å². The van der Waals surface area contributed by atoms with Gasteiger partial charge in [-0.1, -0.05) is 0 Å². The molecule has 0 bridgehead atoms. The number of carbonyl (C=O) groups is 1. The maximum atomic E-state index is 13.1. The highest BCUT2D eigenvalue weighted by molar-refractivity contribution is 14.1. The second-order valence-electron chi connectivity index (χ2n) is 3.19. The van der Waals surface area contributed by atoms with Gasteiger partial charge in [-0.2, -0.15) is 0 Å². The van der Waals surface area contributed by atoms with Gasteiger partial charge < -0.3 is 0 Å². The monoisotopic (exact) mass is 327 g/mol. The molecule has 0 aliphatic rings. The summed E-state index contributed by atoms with van der Waals surface area (Å²) in [6, 6.07) is 7.51. The molecule has 2 nitrogen and oxygen atoms in total. The van der Waals surface area contributed by atoms with Crippen LogP contribution in [-0.2, 0) is 0 Å². The lowest BCUT2D eigenvalue weighted by atomic mass is 10.1. The van der Waals surface area contributed by atoms with E-state index in [0.717, 1.165) is 3.57 Å². The smallest absolute Gasteiger partial charge is 0.195 e. The van der Waals surface area contributed by atoms with E-state index in [1.165, 1.54) is 18.3 Å². The van der Waals surface area contributed by atoms with Crippen molar-refractivity contribution in [3.63, 3.8) is 0 Å². The predicted molar refractivity (Wildman–Crippen MR) is 66.8 cm³/mol. The first kappa shape index (κ1) is 11.2. The molecule has 0 amide bonds. The number of pyridine rings is 1. The minimum Gasteiger partial charge on any atom is -0.289 e. The third-order valence-corrected chi connectivity index (χ3v) is 3.04. The van der Waals surface area contributed by atoms with Crippen molar-refractivity contribution in [2.45, 2.75) is 0 Å². The second kappa shape index (κ2) is 4.69. The molecule has 2 rings (SSSR count). The molecule has 0 fully saturated rings. The zero-order chi connectivity index (χ0) is 11.5. The summed E-state index contributed by atoms with van der Waals surface area (Å²) in [6.07, 6.45) is 3.07. The minimum absolute atomic E-state index is 0.211. The Bertz CT molecular complexity index is 528. The topological polar surface area (TPSA) is 30.0 Å². The summed E-state index contributed by atoms with van der Waals surface area (Å²) in [5.74, 6) is -0.621. The van der Waals surface area contributed by atoms with Crippen LogP contribution in [0.15, 0.2) is 42.7 Å². The van der Waals surface area contributed by atoms with Crippen LogP contribution in [0.25, 0.3) is 0 Å². The van der Waals surface area contributed by atoms with Gasteiger partial charge in [-0.05, 0) is 52.9 Å². The summed E-state index contributed by atoms with van der Waals surface area (Å²) in [6.45, 7) is 0. The van der Waals surface area contributed by atoms with Crippen LogP contribution in [0.5, 0.6) is 0 Å². The zero-order valence-corrected chi connectivity index (χ0v) is 10.3. The van der Waals surface area contributed by atoms with Crippen molar-refractivity contribution in [1.29, 1.82) is 0 Å². The lowest BCUT2D eigenvalue weighted by Crippen LogP contribution is -2.04. The van der Waals surface area contributed by atoms with Gasteiger partial charge in [0.25, 0.3) is 0 Å². The quantitative estimate of drug-likeness (QED) is 0.627. The highest BCUT2D eigenvalue weighted by Gasteiger charge is 2.13. The number of benzene rings is 1. The molecular weight excluding hydrogens is 320 g/mol. The third kappa shape index (κ3) is 2.27.